The maximum atomic E-state index is 12.6. The van der Waals surface area contributed by atoms with Gasteiger partial charge in [0, 0.05) is 30.2 Å². The van der Waals surface area contributed by atoms with Crippen LogP contribution < -0.4 is 4.74 Å². The standard InChI is InChI=1S/C15H21NO4S2/c1-3-20-13-8-15(21-9-13)10-16(11-15)22(17,18)14-6-4-12(19-2)5-7-14/h4-7,13H,3,8-11H2,1-2H3/t13-/m1/s1. The molecule has 2 aliphatic heterocycles. The van der Waals surface area contributed by atoms with Crippen molar-refractivity contribution < 1.29 is 17.9 Å². The molecule has 122 valence electrons. The number of ether oxygens (including phenoxy) is 2. The number of hydrogen-bond donors (Lipinski definition) is 0. The van der Waals surface area contributed by atoms with E-state index in [1.807, 2.05) is 18.7 Å². The van der Waals surface area contributed by atoms with E-state index in [1.54, 1.807) is 35.7 Å². The molecule has 0 N–H and O–H groups in total. The third kappa shape index (κ3) is 2.87. The molecule has 0 saturated carbocycles. The molecule has 2 saturated heterocycles. The molecular formula is C15H21NO4S2. The molecule has 7 heteroatoms. The molecule has 0 amide bonds. The Kier molecular flexibility index (Phi) is 4.42. The van der Waals surface area contributed by atoms with Crippen LogP contribution >= 0.6 is 11.8 Å². The Morgan fingerprint density at radius 3 is 2.59 bits per heavy atom. The second kappa shape index (κ2) is 6.03. The highest BCUT2D eigenvalue weighted by molar-refractivity contribution is 8.01. The van der Waals surface area contributed by atoms with Crippen molar-refractivity contribution in [3.8, 4) is 5.75 Å². The highest BCUT2D eigenvalue weighted by Gasteiger charge is 2.53. The fourth-order valence-corrected chi connectivity index (χ4v) is 6.36. The molecule has 22 heavy (non-hydrogen) atoms. The van der Waals surface area contributed by atoms with Crippen LogP contribution in [0.25, 0.3) is 0 Å². The summed E-state index contributed by atoms with van der Waals surface area (Å²) in [6.45, 7) is 3.87. The Labute approximate surface area is 136 Å². The van der Waals surface area contributed by atoms with Gasteiger partial charge in [-0.2, -0.15) is 4.31 Å². The van der Waals surface area contributed by atoms with Crippen molar-refractivity contribution in [1.29, 1.82) is 0 Å². The molecule has 0 unspecified atom stereocenters. The van der Waals surface area contributed by atoms with E-state index in [2.05, 4.69) is 0 Å². The molecule has 5 nitrogen and oxygen atoms in total. The summed E-state index contributed by atoms with van der Waals surface area (Å²) in [6.07, 6.45) is 1.21. The summed E-state index contributed by atoms with van der Waals surface area (Å²) in [5, 5.41) is 0. The third-order valence-corrected chi connectivity index (χ3v) is 7.59. The van der Waals surface area contributed by atoms with Crippen LogP contribution in [0.15, 0.2) is 29.2 Å². The lowest BCUT2D eigenvalue weighted by molar-refractivity contribution is 0.0598. The Morgan fingerprint density at radius 2 is 2.00 bits per heavy atom. The Hall–Kier alpha value is -0.760. The summed E-state index contributed by atoms with van der Waals surface area (Å²) in [5.74, 6) is 1.62. The van der Waals surface area contributed by atoms with Crippen LogP contribution in [0.3, 0.4) is 0 Å². The lowest BCUT2D eigenvalue weighted by Gasteiger charge is -2.46. The molecule has 2 aliphatic rings. The molecule has 2 fully saturated rings. The van der Waals surface area contributed by atoms with Gasteiger partial charge in [-0.05, 0) is 37.6 Å². The molecule has 3 rings (SSSR count). The van der Waals surface area contributed by atoms with Crippen LogP contribution in [-0.2, 0) is 14.8 Å². The van der Waals surface area contributed by atoms with Crippen molar-refractivity contribution in [1.82, 2.24) is 4.31 Å². The molecule has 2 heterocycles. The summed E-state index contributed by atoms with van der Waals surface area (Å²) < 4.78 is 37.6. The van der Waals surface area contributed by atoms with Gasteiger partial charge in [-0.1, -0.05) is 0 Å². The fourth-order valence-electron chi connectivity index (χ4n) is 3.03. The molecule has 1 aromatic rings. The first-order valence-electron chi connectivity index (χ1n) is 7.39. The largest absolute Gasteiger partial charge is 0.497 e. The van der Waals surface area contributed by atoms with E-state index in [0.29, 0.717) is 23.7 Å². The second-order valence-electron chi connectivity index (χ2n) is 5.72. The monoisotopic (exact) mass is 343 g/mol. The zero-order valence-corrected chi connectivity index (χ0v) is 14.5. The third-order valence-electron chi connectivity index (χ3n) is 4.20. The number of nitrogens with zero attached hydrogens (tertiary/aromatic N) is 1. The first-order valence-corrected chi connectivity index (χ1v) is 9.81. The molecule has 1 aromatic carbocycles. The predicted molar refractivity (Wildman–Crippen MR) is 87.0 cm³/mol. The summed E-state index contributed by atoms with van der Waals surface area (Å²) in [6, 6.07) is 6.56. The van der Waals surface area contributed by atoms with Gasteiger partial charge < -0.3 is 9.47 Å². The van der Waals surface area contributed by atoms with Gasteiger partial charge in [-0.25, -0.2) is 8.42 Å². The topological polar surface area (TPSA) is 55.8 Å². The maximum Gasteiger partial charge on any atom is 0.243 e. The van der Waals surface area contributed by atoms with Gasteiger partial charge in [0.25, 0.3) is 0 Å². The average molecular weight is 343 g/mol. The Balaban J connectivity index is 1.66. The van der Waals surface area contributed by atoms with Crippen molar-refractivity contribution >= 4 is 21.8 Å². The molecule has 0 bridgehead atoms. The zero-order valence-electron chi connectivity index (χ0n) is 12.8. The van der Waals surface area contributed by atoms with Gasteiger partial charge >= 0.3 is 0 Å². The quantitative estimate of drug-likeness (QED) is 0.818. The summed E-state index contributed by atoms with van der Waals surface area (Å²) in [7, 11) is -1.83. The van der Waals surface area contributed by atoms with E-state index < -0.39 is 10.0 Å². The highest BCUT2D eigenvalue weighted by atomic mass is 32.2. The number of hydrogen-bond acceptors (Lipinski definition) is 5. The number of benzene rings is 1. The van der Waals surface area contributed by atoms with Gasteiger partial charge in [-0.15, -0.1) is 11.8 Å². The van der Waals surface area contributed by atoms with Gasteiger partial charge in [0.15, 0.2) is 0 Å². The van der Waals surface area contributed by atoms with Crippen LogP contribution in [0.5, 0.6) is 5.75 Å². The minimum absolute atomic E-state index is 0.0549. The van der Waals surface area contributed by atoms with E-state index >= 15 is 0 Å². The first-order chi connectivity index (χ1) is 10.5. The molecule has 0 radical (unpaired) electrons. The molecule has 1 atom stereocenters. The Bertz CT molecular complexity index is 623. The van der Waals surface area contributed by atoms with Crippen molar-refractivity contribution in [2.45, 2.75) is 29.1 Å². The lowest BCUT2D eigenvalue weighted by Crippen LogP contribution is -2.60. The van der Waals surface area contributed by atoms with Crippen LogP contribution in [0.2, 0.25) is 0 Å². The highest BCUT2D eigenvalue weighted by Crippen LogP contribution is 2.47. The van der Waals surface area contributed by atoms with Gasteiger partial charge in [0.2, 0.25) is 10.0 Å². The minimum atomic E-state index is -3.40. The van der Waals surface area contributed by atoms with E-state index in [1.165, 1.54) is 0 Å². The van der Waals surface area contributed by atoms with Crippen molar-refractivity contribution in [2.75, 3.05) is 32.6 Å². The summed E-state index contributed by atoms with van der Waals surface area (Å²) in [4.78, 5) is 0.326. The second-order valence-corrected chi connectivity index (χ2v) is 9.15. The van der Waals surface area contributed by atoms with Gasteiger partial charge in [-0.3, -0.25) is 0 Å². The van der Waals surface area contributed by atoms with Gasteiger partial charge in [0.05, 0.1) is 18.1 Å². The van der Waals surface area contributed by atoms with Crippen LogP contribution in [-0.4, -0.2) is 56.1 Å². The molecule has 0 aliphatic carbocycles. The number of thioether (sulfide) groups is 1. The molecular weight excluding hydrogens is 322 g/mol. The Morgan fingerprint density at radius 1 is 1.32 bits per heavy atom. The number of rotatable bonds is 5. The molecule has 1 spiro atoms. The number of methoxy groups -OCH3 is 1. The van der Waals surface area contributed by atoms with Gasteiger partial charge in [0.1, 0.15) is 5.75 Å². The van der Waals surface area contributed by atoms with Crippen molar-refractivity contribution in [2.24, 2.45) is 0 Å². The lowest BCUT2D eigenvalue weighted by atomic mass is 9.95. The van der Waals surface area contributed by atoms with Crippen molar-refractivity contribution in [3.05, 3.63) is 24.3 Å². The predicted octanol–water partition coefficient (Wildman–Crippen LogP) is 1.98. The fraction of sp³-hybridized carbons (Fsp3) is 0.600. The minimum Gasteiger partial charge on any atom is -0.497 e. The number of sulfonamides is 1. The smallest absolute Gasteiger partial charge is 0.243 e. The zero-order chi connectivity index (χ0) is 15.8. The summed E-state index contributed by atoms with van der Waals surface area (Å²) >= 11 is 1.85. The van der Waals surface area contributed by atoms with E-state index in [4.69, 9.17) is 9.47 Å². The van der Waals surface area contributed by atoms with E-state index in [-0.39, 0.29) is 10.9 Å². The molecule has 0 aromatic heterocycles. The van der Waals surface area contributed by atoms with E-state index in [9.17, 15) is 8.42 Å². The van der Waals surface area contributed by atoms with Crippen LogP contribution in [0, 0.1) is 0 Å². The normalized spacial score (nSPS) is 24.4. The van der Waals surface area contributed by atoms with Crippen LogP contribution in [0.4, 0.5) is 0 Å². The van der Waals surface area contributed by atoms with Crippen LogP contribution in [0.1, 0.15) is 13.3 Å². The SMILES string of the molecule is CCO[C@H]1CSC2(C1)CN(S(=O)(=O)c1ccc(OC)cc1)C2. The van der Waals surface area contributed by atoms with E-state index in [0.717, 1.165) is 18.8 Å². The maximum absolute atomic E-state index is 12.6. The van der Waals surface area contributed by atoms with Crippen molar-refractivity contribution in [3.63, 3.8) is 0 Å². The first kappa shape index (κ1) is 16.1. The summed E-state index contributed by atoms with van der Waals surface area (Å²) in [5.41, 5.74) is 0. The average Bonchev–Trinajstić information content (AvgIpc) is 2.91.